The Hall–Kier alpha value is -3.39. The van der Waals surface area contributed by atoms with Gasteiger partial charge in [-0.15, -0.1) is 0 Å². The van der Waals surface area contributed by atoms with E-state index < -0.39 is 0 Å². The molecule has 0 fully saturated rings. The van der Waals surface area contributed by atoms with Crippen LogP contribution in [0.1, 0.15) is 16.8 Å². The molecule has 3 heterocycles. The van der Waals surface area contributed by atoms with Crippen molar-refractivity contribution < 1.29 is 14.6 Å². The average molecular weight is 394 g/mol. The van der Waals surface area contributed by atoms with Crippen molar-refractivity contribution in [2.75, 3.05) is 20.8 Å². The lowest BCUT2D eigenvalue weighted by molar-refractivity contribution is 0.239. The van der Waals surface area contributed by atoms with E-state index in [4.69, 9.17) is 9.47 Å². The molecule has 0 spiro atoms. The molecule has 0 bridgehead atoms. The Morgan fingerprint density at radius 3 is 2.86 bits per heavy atom. The van der Waals surface area contributed by atoms with Gasteiger partial charge in [-0.2, -0.15) is 0 Å². The number of ether oxygens (including phenoxy) is 2. The van der Waals surface area contributed by atoms with Crippen molar-refractivity contribution in [3.8, 4) is 28.6 Å². The second-order valence-corrected chi connectivity index (χ2v) is 6.89. The largest absolute Gasteiger partial charge is 0.504 e. The molecule has 2 aromatic heterocycles. The summed E-state index contributed by atoms with van der Waals surface area (Å²) in [5.41, 5.74) is 3.06. The summed E-state index contributed by atoms with van der Waals surface area (Å²) in [6, 6.07) is 7.19. The quantitative estimate of drug-likeness (QED) is 0.684. The first-order chi connectivity index (χ1) is 14.1. The van der Waals surface area contributed by atoms with Crippen LogP contribution >= 0.6 is 0 Å². The fraction of sp³-hybridized carbons (Fsp3) is 0.286. The number of benzene rings is 1. The summed E-state index contributed by atoms with van der Waals surface area (Å²) in [4.78, 5) is 26.3. The van der Waals surface area contributed by atoms with Crippen LogP contribution < -0.4 is 15.0 Å². The molecule has 0 saturated heterocycles. The molecule has 0 radical (unpaired) electrons. The first-order valence-corrected chi connectivity index (χ1v) is 9.27. The normalized spacial score (nSPS) is 13.7. The molecular formula is C21H22N4O4. The molecule has 1 aliphatic heterocycles. The van der Waals surface area contributed by atoms with Crippen LogP contribution in [0.5, 0.6) is 17.2 Å². The smallest absolute Gasteiger partial charge is 0.254 e. The second kappa shape index (κ2) is 7.92. The average Bonchev–Trinajstić information content (AvgIpc) is 2.73. The minimum absolute atomic E-state index is 0.0349. The number of aromatic nitrogens is 3. The third kappa shape index (κ3) is 3.79. The van der Waals surface area contributed by atoms with Crippen LogP contribution in [0.25, 0.3) is 11.4 Å². The monoisotopic (exact) mass is 394 g/mol. The Morgan fingerprint density at radius 1 is 1.28 bits per heavy atom. The minimum Gasteiger partial charge on any atom is -0.504 e. The Labute approximate surface area is 167 Å². The van der Waals surface area contributed by atoms with E-state index in [2.05, 4.69) is 19.9 Å². The fourth-order valence-electron chi connectivity index (χ4n) is 3.62. The predicted octanol–water partition coefficient (Wildman–Crippen LogP) is 2.11. The molecule has 0 atom stereocenters. The number of aromatic hydroxyl groups is 1. The minimum atomic E-state index is -0.0998. The van der Waals surface area contributed by atoms with Gasteiger partial charge in [-0.05, 0) is 36.2 Å². The zero-order chi connectivity index (χ0) is 20.4. The van der Waals surface area contributed by atoms with Crippen molar-refractivity contribution in [3.05, 3.63) is 63.8 Å². The van der Waals surface area contributed by atoms with Gasteiger partial charge in [-0.25, -0.2) is 4.98 Å². The van der Waals surface area contributed by atoms with Gasteiger partial charge in [0.15, 0.2) is 11.5 Å². The molecule has 8 heteroatoms. The fourth-order valence-corrected chi connectivity index (χ4v) is 3.62. The number of methoxy groups -OCH3 is 2. The van der Waals surface area contributed by atoms with Crippen molar-refractivity contribution in [2.24, 2.45) is 0 Å². The van der Waals surface area contributed by atoms with Crippen molar-refractivity contribution in [2.45, 2.75) is 19.5 Å². The zero-order valence-corrected chi connectivity index (χ0v) is 16.3. The molecule has 29 heavy (non-hydrogen) atoms. The third-order valence-corrected chi connectivity index (χ3v) is 5.01. The molecule has 2 N–H and O–H groups in total. The number of rotatable bonds is 5. The number of hydrogen-bond donors (Lipinski definition) is 2. The van der Waals surface area contributed by atoms with E-state index in [1.807, 2.05) is 18.2 Å². The van der Waals surface area contributed by atoms with E-state index in [0.717, 1.165) is 28.9 Å². The maximum Gasteiger partial charge on any atom is 0.254 e. The molecule has 3 aromatic rings. The first-order valence-electron chi connectivity index (χ1n) is 9.27. The van der Waals surface area contributed by atoms with E-state index in [-0.39, 0.29) is 11.3 Å². The zero-order valence-electron chi connectivity index (χ0n) is 16.3. The van der Waals surface area contributed by atoms with Gasteiger partial charge in [0.2, 0.25) is 5.75 Å². The summed E-state index contributed by atoms with van der Waals surface area (Å²) >= 11 is 0. The lowest BCUT2D eigenvalue weighted by Crippen LogP contribution is -2.35. The van der Waals surface area contributed by atoms with Gasteiger partial charge in [-0.1, -0.05) is 0 Å². The Kier molecular flexibility index (Phi) is 5.18. The Morgan fingerprint density at radius 2 is 2.14 bits per heavy atom. The summed E-state index contributed by atoms with van der Waals surface area (Å²) in [5.74, 6) is 1.35. The number of aromatic amines is 1. The summed E-state index contributed by atoms with van der Waals surface area (Å²) < 4.78 is 10.5. The molecule has 4 rings (SSSR count). The number of H-pyrrole nitrogens is 1. The molecule has 8 nitrogen and oxygen atoms in total. The molecule has 0 saturated carbocycles. The topological polar surface area (TPSA) is 101 Å². The number of pyridine rings is 1. The molecule has 0 amide bonds. The molecule has 0 aliphatic carbocycles. The lowest BCUT2D eigenvalue weighted by Gasteiger charge is -2.28. The van der Waals surface area contributed by atoms with Crippen molar-refractivity contribution in [1.82, 2.24) is 19.9 Å². The van der Waals surface area contributed by atoms with Crippen LogP contribution in [0.15, 0.2) is 41.5 Å². The SMILES string of the molecule is COc1cc(CN2CCc3c(nc(-c4cccnc4)[nH]c3=O)C2)cc(O)c1OC. The van der Waals surface area contributed by atoms with Crippen LogP contribution in [-0.4, -0.2) is 45.7 Å². The second-order valence-electron chi connectivity index (χ2n) is 6.89. The van der Waals surface area contributed by atoms with Crippen LogP contribution in [0.4, 0.5) is 0 Å². The van der Waals surface area contributed by atoms with Crippen molar-refractivity contribution >= 4 is 0 Å². The van der Waals surface area contributed by atoms with E-state index in [9.17, 15) is 9.90 Å². The molecule has 150 valence electrons. The van der Waals surface area contributed by atoms with E-state index >= 15 is 0 Å². The van der Waals surface area contributed by atoms with Crippen molar-refractivity contribution in [1.29, 1.82) is 0 Å². The van der Waals surface area contributed by atoms with Crippen LogP contribution in [0, 0.1) is 0 Å². The van der Waals surface area contributed by atoms with Gasteiger partial charge in [0.1, 0.15) is 5.82 Å². The van der Waals surface area contributed by atoms with Gasteiger partial charge in [0.05, 0.1) is 19.9 Å². The number of nitrogens with zero attached hydrogens (tertiary/aromatic N) is 3. The number of hydrogen-bond acceptors (Lipinski definition) is 7. The molecular weight excluding hydrogens is 372 g/mol. The molecule has 1 aliphatic rings. The number of phenols is 1. The van der Waals surface area contributed by atoms with E-state index in [1.165, 1.54) is 14.2 Å². The van der Waals surface area contributed by atoms with Crippen LogP contribution in [-0.2, 0) is 19.5 Å². The summed E-state index contributed by atoms with van der Waals surface area (Å²) in [7, 11) is 3.02. The van der Waals surface area contributed by atoms with Gasteiger partial charge in [0, 0.05) is 43.2 Å². The maximum atomic E-state index is 12.5. The molecule has 0 unspecified atom stereocenters. The molecule has 1 aromatic carbocycles. The summed E-state index contributed by atoms with van der Waals surface area (Å²) in [6.45, 7) is 1.85. The Bertz CT molecular complexity index is 1080. The summed E-state index contributed by atoms with van der Waals surface area (Å²) in [6.07, 6.45) is 3.97. The highest BCUT2D eigenvalue weighted by molar-refractivity contribution is 5.54. The first kappa shape index (κ1) is 18.9. The standard InChI is InChI=1S/C21H22N4O4/c1-28-18-9-13(8-17(26)19(18)29-2)11-25-7-5-15-16(12-25)23-20(24-21(15)27)14-4-3-6-22-10-14/h3-4,6,8-10,26H,5,7,11-12H2,1-2H3,(H,23,24,27). The van der Waals surface area contributed by atoms with Crippen LogP contribution in [0.3, 0.4) is 0 Å². The van der Waals surface area contributed by atoms with Crippen LogP contribution in [0.2, 0.25) is 0 Å². The van der Waals surface area contributed by atoms with Gasteiger partial charge in [0.25, 0.3) is 5.56 Å². The van der Waals surface area contributed by atoms with Gasteiger partial charge < -0.3 is 19.6 Å². The van der Waals surface area contributed by atoms with E-state index in [1.54, 1.807) is 18.5 Å². The van der Waals surface area contributed by atoms with Gasteiger partial charge in [-0.3, -0.25) is 14.7 Å². The van der Waals surface area contributed by atoms with Gasteiger partial charge >= 0.3 is 0 Å². The van der Waals surface area contributed by atoms with Crippen molar-refractivity contribution in [3.63, 3.8) is 0 Å². The predicted molar refractivity (Wildman–Crippen MR) is 107 cm³/mol. The summed E-state index contributed by atoms with van der Waals surface area (Å²) in [5, 5.41) is 10.2. The van der Waals surface area contributed by atoms with E-state index in [0.29, 0.717) is 36.8 Å². The lowest BCUT2D eigenvalue weighted by atomic mass is 10.0. The Balaban J connectivity index is 1.60. The third-order valence-electron chi connectivity index (χ3n) is 5.01. The highest BCUT2D eigenvalue weighted by Crippen LogP contribution is 2.37. The highest BCUT2D eigenvalue weighted by atomic mass is 16.5. The number of phenolic OH excluding ortho intramolecular Hbond substituents is 1. The number of nitrogens with one attached hydrogen (secondary N) is 1. The number of fused-ring (bicyclic) bond motifs is 1. The highest BCUT2D eigenvalue weighted by Gasteiger charge is 2.22. The maximum absolute atomic E-state index is 12.5.